The molecule has 5 heteroatoms. The average Bonchev–Trinajstić information content (AvgIpc) is 2.28. The quantitative estimate of drug-likeness (QED) is 0.878. The number of halogens is 1. The molecule has 1 rings (SSSR count). The van der Waals surface area contributed by atoms with Crippen molar-refractivity contribution in [3.8, 4) is 0 Å². The average molecular weight is 314 g/mol. The van der Waals surface area contributed by atoms with Crippen molar-refractivity contribution in [3.63, 3.8) is 0 Å². The van der Waals surface area contributed by atoms with E-state index < -0.39 is 11.5 Å². The van der Waals surface area contributed by atoms with Gasteiger partial charge in [0.05, 0.1) is 12.0 Å². The van der Waals surface area contributed by atoms with Crippen LogP contribution in [0.15, 0.2) is 28.7 Å². The van der Waals surface area contributed by atoms with E-state index in [1.54, 1.807) is 25.1 Å². The third-order valence-corrected chi connectivity index (χ3v) is 3.55. The van der Waals surface area contributed by atoms with Gasteiger partial charge in [-0.3, -0.25) is 9.59 Å². The predicted octanol–water partition coefficient (Wildman–Crippen LogP) is 2.82. The largest absolute Gasteiger partial charge is 0.481 e. The van der Waals surface area contributed by atoms with Gasteiger partial charge in [-0.15, -0.1) is 0 Å². The zero-order valence-electron chi connectivity index (χ0n) is 10.4. The number of carboxylic acids is 1. The van der Waals surface area contributed by atoms with Crippen LogP contribution in [0, 0.1) is 0 Å². The maximum Gasteiger partial charge on any atom is 0.305 e. The van der Waals surface area contributed by atoms with E-state index in [9.17, 15) is 9.59 Å². The van der Waals surface area contributed by atoms with Crippen molar-refractivity contribution in [3.05, 3.63) is 34.3 Å². The summed E-state index contributed by atoms with van der Waals surface area (Å²) < 4.78 is 0.691. The lowest BCUT2D eigenvalue weighted by molar-refractivity contribution is -0.138. The van der Waals surface area contributed by atoms with Gasteiger partial charge in [0.2, 0.25) is 0 Å². The van der Waals surface area contributed by atoms with E-state index in [0.717, 1.165) is 0 Å². The molecular formula is C13H16BrNO3. The highest BCUT2D eigenvalue weighted by Gasteiger charge is 2.28. The van der Waals surface area contributed by atoms with E-state index in [1.165, 1.54) is 0 Å². The van der Waals surface area contributed by atoms with E-state index in [-0.39, 0.29) is 12.3 Å². The Balaban J connectivity index is 2.86. The number of aliphatic carboxylic acids is 1. The van der Waals surface area contributed by atoms with E-state index >= 15 is 0 Å². The lowest BCUT2D eigenvalue weighted by atomic mass is 9.94. The predicted molar refractivity (Wildman–Crippen MR) is 72.6 cm³/mol. The van der Waals surface area contributed by atoms with Crippen LogP contribution < -0.4 is 5.32 Å². The summed E-state index contributed by atoms with van der Waals surface area (Å²) in [6.07, 6.45) is 0.454. The summed E-state index contributed by atoms with van der Waals surface area (Å²) in [6.45, 7) is 3.58. The van der Waals surface area contributed by atoms with Crippen molar-refractivity contribution < 1.29 is 14.7 Å². The van der Waals surface area contributed by atoms with Crippen LogP contribution in [-0.4, -0.2) is 22.5 Å². The number of rotatable bonds is 5. The van der Waals surface area contributed by atoms with Crippen molar-refractivity contribution in [1.29, 1.82) is 0 Å². The van der Waals surface area contributed by atoms with Crippen LogP contribution in [0.5, 0.6) is 0 Å². The van der Waals surface area contributed by atoms with Crippen LogP contribution in [0.25, 0.3) is 0 Å². The van der Waals surface area contributed by atoms with E-state index in [1.807, 2.05) is 13.0 Å². The van der Waals surface area contributed by atoms with Crippen molar-refractivity contribution in [2.45, 2.75) is 32.2 Å². The van der Waals surface area contributed by atoms with Crippen LogP contribution >= 0.6 is 15.9 Å². The number of benzene rings is 1. The van der Waals surface area contributed by atoms with Crippen molar-refractivity contribution in [2.75, 3.05) is 0 Å². The first-order chi connectivity index (χ1) is 8.38. The first kappa shape index (κ1) is 14.7. The van der Waals surface area contributed by atoms with Crippen molar-refractivity contribution in [2.24, 2.45) is 0 Å². The minimum Gasteiger partial charge on any atom is -0.481 e. The molecule has 0 radical (unpaired) electrons. The summed E-state index contributed by atoms with van der Waals surface area (Å²) in [7, 11) is 0. The molecule has 18 heavy (non-hydrogen) atoms. The number of hydrogen-bond donors (Lipinski definition) is 2. The Morgan fingerprint density at radius 3 is 2.50 bits per heavy atom. The zero-order valence-corrected chi connectivity index (χ0v) is 12.0. The number of nitrogens with one attached hydrogen (secondary N) is 1. The number of amides is 1. The summed E-state index contributed by atoms with van der Waals surface area (Å²) in [5.41, 5.74) is -0.236. The molecule has 0 aliphatic heterocycles. The highest BCUT2D eigenvalue weighted by molar-refractivity contribution is 9.10. The Morgan fingerprint density at radius 1 is 1.39 bits per heavy atom. The number of carboxylic acid groups (broad SMARTS) is 1. The Hall–Kier alpha value is -1.36. The molecule has 0 fully saturated rings. The highest BCUT2D eigenvalue weighted by atomic mass is 79.9. The fourth-order valence-corrected chi connectivity index (χ4v) is 2.04. The molecule has 0 unspecified atom stereocenters. The summed E-state index contributed by atoms with van der Waals surface area (Å²) in [4.78, 5) is 22.9. The Bertz CT molecular complexity index is 461. The molecule has 0 aliphatic carbocycles. The summed E-state index contributed by atoms with van der Waals surface area (Å²) in [6, 6.07) is 7.04. The van der Waals surface area contributed by atoms with E-state index in [0.29, 0.717) is 16.5 Å². The van der Waals surface area contributed by atoms with Gasteiger partial charge in [-0.2, -0.15) is 0 Å². The van der Waals surface area contributed by atoms with E-state index in [2.05, 4.69) is 21.2 Å². The van der Waals surface area contributed by atoms with Gasteiger partial charge >= 0.3 is 5.97 Å². The molecule has 4 nitrogen and oxygen atoms in total. The molecule has 0 saturated heterocycles. The zero-order chi connectivity index (χ0) is 13.8. The molecule has 1 aromatic carbocycles. The third-order valence-electron chi connectivity index (χ3n) is 2.86. The molecule has 1 aromatic rings. The normalized spacial score (nSPS) is 13.7. The maximum absolute atomic E-state index is 12.1. The second-order valence-corrected chi connectivity index (χ2v) is 5.27. The van der Waals surface area contributed by atoms with Crippen LogP contribution in [-0.2, 0) is 4.79 Å². The second-order valence-electron chi connectivity index (χ2n) is 4.42. The molecule has 1 amide bonds. The monoisotopic (exact) mass is 313 g/mol. The summed E-state index contributed by atoms with van der Waals surface area (Å²) >= 11 is 3.30. The molecule has 0 aromatic heterocycles. The number of carbonyl (C=O) groups is 2. The fraction of sp³-hybridized carbons (Fsp3) is 0.385. The third kappa shape index (κ3) is 3.84. The summed E-state index contributed by atoms with van der Waals surface area (Å²) in [5.74, 6) is -1.19. The van der Waals surface area contributed by atoms with Gasteiger partial charge in [0.1, 0.15) is 0 Å². The lowest BCUT2D eigenvalue weighted by Gasteiger charge is -2.28. The van der Waals surface area contributed by atoms with Gasteiger partial charge in [-0.05, 0) is 41.4 Å². The number of carbonyl (C=O) groups excluding carboxylic acids is 1. The second kappa shape index (κ2) is 6.00. The standard InChI is InChI=1S/C13H16BrNO3/c1-3-13(2,8-11(16)17)15-12(18)9-6-4-5-7-10(9)14/h4-7H,3,8H2,1-2H3,(H,15,18)(H,16,17)/t13-/m1/s1. The van der Waals surface area contributed by atoms with Gasteiger partial charge < -0.3 is 10.4 Å². The first-order valence-electron chi connectivity index (χ1n) is 5.67. The van der Waals surface area contributed by atoms with Gasteiger partial charge in [-0.1, -0.05) is 19.1 Å². The van der Waals surface area contributed by atoms with Gasteiger partial charge in [0.15, 0.2) is 0 Å². The highest BCUT2D eigenvalue weighted by Crippen LogP contribution is 2.19. The first-order valence-corrected chi connectivity index (χ1v) is 6.46. The molecule has 1 atom stereocenters. The Morgan fingerprint density at radius 2 is 2.00 bits per heavy atom. The SMILES string of the molecule is CC[C@](C)(CC(=O)O)NC(=O)c1ccccc1Br. The lowest BCUT2D eigenvalue weighted by Crippen LogP contribution is -2.47. The maximum atomic E-state index is 12.1. The fourth-order valence-electron chi connectivity index (χ4n) is 1.58. The van der Waals surface area contributed by atoms with Crippen LogP contribution in [0.4, 0.5) is 0 Å². The van der Waals surface area contributed by atoms with E-state index in [4.69, 9.17) is 5.11 Å². The smallest absolute Gasteiger partial charge is 0.305 e. The van der Waals surface area contributed by atoms with Crippen LogP contribution in [0.2, 0.25) is 0 Å². The van der Waals surface area contributed by atoms with Gasteiger partial charge in [0.25, 0.3) is 5.91 Å². The molecule has 0 saturated carbocycles. The molecule has 0 bridgehead atoms. The molecule has 98 valence electrons. The van der Waals surface area contributed by atoms with Crippen LogP contribution in [0.1, 0.15) is 37.0 Å². The minimum absolute atomic E-state index is 0.0975. The molecule has 0 spiro atoms. The van der Waals surface area contributed by atoms with Gasteiger partial charge in [0, 0.05) is 10.0 Å². The molecular weight excluding hydrogens is 298 g/mol. The van der Waals surface area contributed by atoms with Gasteiger partial charge in [-0.25, -0.2) is 0 Å². The molecule has 0 aliphatic rings. The topological polar surface area (TPSA) is 66.4 Å². The van der Waals surface area contributed by atoms with Crippen molar-refractivity contribution in [1.82, 2.24) is 5.32 Å². The number of hydrogen-bond acceptors (Lipinski definition) is 2. The minimum atomic E-state index is -0.924. The molecule has 2 N–H and O–H groups in total. The van der Waals surface area contributed by atoms with Crippen molar-refractivity contribution >= 4 is 27.8 Å². The van der Waals surface area contributed by atoms with Crippen LogP contribution in [0.3, 0.4) is 0 Å². The summed E-state index contributed by atoms with van der Waals surface area (Å²) in [5, 5.41) is 11.6. The Kier molecular flexibility index (Phi) is 4.90. The Labute approximate surface area is 115 Å². The molecule has 0 heterocycles.